The maximum atomic E-state index is 13.4. The van der Waals surface area contributed by atoms with Crippen molar-refractivity contribution in [1.29, 1.82) is 0 Å². The molecule has 0 saturated heterocycles. The SMILES string of the molecule is O=C(Cc1c(F)cccc1Cl)NCCOCCO. The minimum absolute atomic E-state index is 0.0568. The van der Waals surface area contributed by atoms with Crippen molar-refractivity contribution >= 4 is 17.5 Å². The van der Waals surface area contributed by atoms with Gasteiger partial charge in [-0.25, -0.2) is 4.39 Å². The molecule has 0 fully saturated rings. The van der Waals surface area contributed by atoms with Gasteiger partial charge in [-0.15, -0.1) is 0 Å². The molecule has 0 radical (unpaired) electrons. The van der Waals surface area contributed by atoms with Crippen molar-refractivity contribution < 1.29 is 19.0 Å². The van der Waals surface area contributed by atoms with Gasteiger partial charge in [0.2, 0.25) is 5.91 Å². The number of aliphatic hydroxyl groups is 1. The van der Waals surface area contributed by atoms with E-state index in [0.717, 1.165) is 0 Å². The van der Waals surface area contributed by atoms with Crippen LogP contribution in [0.1, 0.15) is 5.56 Å². The van der Waals surface area contributed by atoms with E-state index in [0.29, 0.717) is 13.2 Å². The molecule has 0 unspecified atom stereocenters. The Morgan fingerprint density at radius 1 is 1.44 bits per heavy atom. The highest BCUT2D eigenvalue weighted by Crippen LogP contribution is 2.19. The molecular weight excluding hydrogens is 261 g/mol. The van der Waals surface area contributed by atoms with Crippen molar-refractivity contribution in [2.24, 2.45) is 0 Å². The Balaban J connectivity index is 2.36. The third kappa shape index (κ3) is 5.00. The number of nitrogens with one attached hydrogen (secondary N) is 1. The molecule has 0 spiro atoms. The first kappa shape index (κ1) is 14.9. The number of benzene rings is 1. The highest BCUT2D eigenvalue weighted by Gasteiger charge is 2.11. The molecule has 1 rings (SSSR count). The van der Waals surface area contributed by atoms with E-state index >= 15 is 0 Å². The first-order valence-electron chi connectivity index (χ1n) is 5.53. The highest BCUT2D eigenvalue weighted by atomic mass is 35.5. The lowest BCUT2D eigenvalue weighted by Crippen LogP contribution is -2.29. The fourth-order valence-electron chi connectivity index (χ4n) is 1.35. The summed E-state index contributed by atoms with van der Waals surface area (Å²) in [5.41, 5.74) is 0.188. The molecular formula is C12H15ClFNO3. The summed E-state index contributed by atoms with van der Waals surface area (Å²) < 4.78 is 18.3. The predicted molar refractivity (Wildman–Crippen MR) is 66.0 cm³/mol. The van der Waals surface area contributed by atoms with Crippen molar-refractivity contribution in [3.05, 3.63) is 34.6 Å². The molecule has 0 aliphatic rings. The van der Waals surface area contributed by atoms with Gasteiger partial charge >= 0.3 is 0 Å². The van der Waals surface area contributed by atoms with Gasteiger partial charge in [0.15, 0.2) is 0 Å². The van der Waals surface area contributed by atoms with Crippen LogP contribution in [0.25, 0.3) is 0 Å². The Hall–Kier alpha value is -1.17. The lowest BCUT2D eigenvalue weighted by atomic mass is 10.1. The van der Waals surface area contributed by atoms with E-state index in [2.05, 4.69) is 5.32 Å². The summed E-state index contributed by atoms with van der Waals surface area (Å²) in [7, 11) is 0. The van der Waals surface area contributed by atoms with E-state index in [1.807, 2.05) is 0 Å². The number of amides is 1. The summed E-state index contributed by atoms with van der Waals surface area (Å²) in [5.74, 6) is -0.816. The van der Waals surface area contributed by atoms with Gasteiger partial charge < -0.3 is 15.2 Å². The zero-order chi connectivity index (χ0) is 13.4. The maximum absolute atomic E-state index is 13.4. The second kappa shape index (κ2) is 8.02. The van der Waals surface area contributed by atoms with Crippen LogP contribution in [-0.4, -0.2) is 37.4 Å². The molecule has 4 nitrogen and oxygen atoms in total. The quantitative estimate of drug-likeness (QED) is 0.734. The highest BCUT2D eigenvalue weighted by molar-refractivity contribution is 6.31. The van der Waals surface area contributed by atoms with Gasteiger partial charge in [0.25, 0.3) is 0 Å². The van der Waals surface area contributed by atoms with E-state index in [9.17, 15) is 9.18 Å². The molecule has 100 valence electrons. The smallest absolute Gasteiger partial charge is 0.224 e. The lowest BCUT2D eigenvalue weighted by Gasteiger charge is -2.07. The Kier molecular flexibility index (Phi) is 6.64. The summed E-state index contributed by atoms with van der Waals surface area (Å²) in [6.07, 6.45) is -0.106. The Bertz CT molecular complexity index is 381. The summed E-state index contributed by atoms with van der Waals surface area (Å²) >= 11 is 5.80. The molecule has 18 heavy (non-hydrogen) atoms. The van der Waals surface area contributed by atoms with Crippen LogP contribution in [0.3, 0.4) is 0 Å². The fourth-order valence-corrected chi connectivity index (χ4v) is 1.58. The van der Waals surface area contributed by atoms with Crippen molar-refractivity contribution in [2.45, 2.75) is 6.42 Å². The number of halogens is 2. The Morgan fingerprint density at radius 3 is 2.89 bits per heavy atom. The van der Waals surface area contributed by atoms with E-state index < -0.39 is 5.82 Å². The number of rotatable bonds is 7. The van der Waals surface area contributed by atoms with Crippen LogP contribution >= 0.6 is 11.6 Å². The molecule has 6 heteroatoms. The van der Waals surface area contributed by atoms with Gasteiger partial charge in [-0.05, 0) is 12.1 Å². The second-order valence-electron chi connectivity index (χ2n) is 3.56. The van der Waals surface area contributed by atoms with Crippen LogP contribution < -0.4 is 5.32 Å². The van der Waals surface area contributed by atoms with Crippen molar-refractivity contribution in [3.8, 4) is 0 Å². The van der Waals surface area contributed by atoms with Crippen molar-refractivity contribution in [2.75, 3.05) is 26.4 Å². The standard InChI is InChI=1S/C12H15ClFNO3/c13-10-2-1-3-11(14)9(10)8-12(17)15-4-6-18-7-5-16/h1-3,16H,4-8H2,(H,15,17). The van der Waals surface area contributed by atoms with Gasteiger partial charge in [0.1, 0.15) is 5.82 Å². The summed E-state index contributed by atoms with van der Waals surface area (Å²) in [6, 6.07) is 4.29. The number of hydrogen-bond acceptors (Lipinski definition) is 3. The average molecular weight is 276 g/mol. The predicted octanol–water partition coefficient (Wildman–Crippen LogP) is 1.15. The zero-order valence-electron chi connectivity index (χ0n) is 9.79. The summed E-state index contributed by atoms with van der Waals surface area (Å²) in [6.45, 7) is 0.788. The molecule has 0 aromatic heterocycles. The number of aliphatic hydroxyl groups excluding tert-OH is 1. The lowest BCUT2D eigenvalue weighted by molar-refractivity contribution is -0.120. The van der Waals surface area contributed by atoms with Crippen LogP contribution in [-0.2, 0) is 16.0 Å². The van der Waals surface area contributed by atoms with E-state index in [1.165, 1.54) is 18.2 Å². The molecule has 2 N–H and O–H groups in total. The molecule has 0 aliphatic heterocycles. The fraction of sp³-hybridized carbons (Fsp3) is 0.417. The average Bonchev–Trinajstić information content (AvgIpc) is 2.34. The molecule has 0 heterocycles. The number of carbonyl (C=O) groups excluding carboxylic acids is 1. The normalized spacial score (nSPS) is 10.4. The molecule has 1 aromatic carbocycles. The second-order valence-corrected chi connectivity index (χ2v) is 3.97. The van der Waals surface area contributed by atoms with Gasteiger partial charge in [-0.1, -0.05) is 17.7 Å². The summed E-state index contributed by atoms with van der Waals surface area (Å²) in [4.78, 5) is 11.5. The van der Waals surface area contributed by atoms with Gasteiger partial charge in [0.05, 0.1) is 26.2 Å². The molecule has 1 aromatic rings. The van der Waals surface area contributed by atoms with Gasteiger partial charge in [-0.3, -0.25) is 4.79 Å². The van der Waals surface area contributed by atoms with E-state index in [4.69, 9.17) is 21.4 Å². The molecule has 0 saturated carbocycles. The molecule has 0 aliphatic carbocycles. The number of carbonyl (C=O) groups is 1. The van der Waals surface area contributed by atoms with E-state index in [1.54, 1.807) is 0 Å². The first-order chi connectivity index (χ1) is 8.65. The van der Waals surface area contributed by atoms with Crippen LogP contribution in [0.15, 0.2) is 18.2 Å². The largest absolute Gasteiger partial charge is 0.394 e. The third-order valence-electron chi connectivity index (χ3n) is 2.20. The minimum atomic E-state index is -0.491. The van der Waals surface area contributed by atoms with Crippen LogP contribution in [0.5, 0.6) is 0 Å². The van der Waals surface area contributed by atoms with Crippen LogP contribution in [0.2, 0.25) is 5.02 Å². The monoisotopic (exact) mass is 275 g/mol. The van der Waals surface area contributed by atoms with Crippen molar-refractivity contribution in [3.63, 3.8) is 0 Å². The Morgan fingerprint density at radius 2 is 2.22 bits per heavy atom. The summed E-state index contributed by atoms with van der Waals surface area (Å²) in [5, 5.41) is 11.3. The van der Waals surface area contributed by atoms with Gasteiger partial charge in [-0.2, -0.15) is 0 Å². The first-order valence-corrected chi connectivity index (χ1v) is 5.91. The third-order valence-corrected chi connectivity index (χ3v) is 2.56. The molecule has 1 amide bonds. The zero-order valence-corrected chi connectivity index (χ0v) is 10.5. The van der Waals surface area contributed by atoms with Crippen molar-refractivity contribution in [1.82, 2.24) is 5.32 Å². The number of ether oxygens (including phenoxy) is 1. The Labute approximate surface area is 110 Å². The molecule has 0 atom stereocenters. The minimum Gasteiger partial charge on any atom is -0.394 e. The van der Waals surface area contributed by atoms with Crippen LogP contribution in [0.4, 0.5) is 4.39 Å². The molecule has 0 bridgehead atoms. The van der Waals surface area contributed by atoms with Crippen LogP contribution in [0, 0.1) is 5.82 Å². The van der Waals surface area contributed by atoms with Gasteiger partial charge in [0, 0.05) is 17.1 Å². The maximum Gasteiger partial charge on any atom is 0.224 e. The topological polar surface area (TPSA) is 58.6 Å². The number of hydrogen-bond donors (Lipinski definition) is 2. The van der Waals surface area contributed by atoms with E-state index in [-0.39, 0.29) is 36.1 Å².